The summed E-state index contributed by atoms with van der Waals surface area (Å²) in [4.78, 5) is 0. The van der Waals surface area contributed by atoms with Crippen LogP contribution in [0.15, 0.2) is 0 Å². The third-order valence-electron chi connectivity index (χ3n) is 2.54. The topological polar surface area (TPSA) is 64.5 Å². The van der Waals surface area contributed by atoms with E-state index in [4.69, 9.17) is 10.2 Å². The van der Waals surface area contributed by atoms with Crippen molar-refractivity contribution in [3.05, 3.63) is 0 Å². The Morgan fingerprint density at radius 3 is 1.52 bits per heavy atom. The highest BCUT2D eigenvalue weighted by molar-refractivity contribution is 4.74. The first-order valence-electron chi connectivity index (χ1n) is 9.65. The second-order valence-electron chi connectivity index (χ2n) is 5.01. The van der Waals surface area contributed by atoms with Crippen LogP contribution < -0.4 is 10.6 Å². The van der Waals surface area contributed by atoms with Crippen LogP contribution in [0.4, 0.5) is 0 Å². The van der Waals surface area contributed by atoms with Crippen LogP contribution in [0.3, 0.4) is 0 Å². The highest BCUT2D eigenvalue weighted by Crippen LogP contribution is 2.25. The molecule has 23 heavy (non-hydrogen) atoms. The highest BCUT2D eigenvalue weighted by Gasteiger charge is 2.20. The third-order valence-corrected chi connectivity index (χ3v) is 2.54. The molecule has 148 valence electrons. The molecule has 0 aromatic rings. The number of nitrogens with one attached hydrogen (secondary N) is 2. The molecular formula is C19H50N2O2. The maximum atomic E-state index is 8.69. The fourth-order valence-corrected chi connectivity index (χ4v) is 1.94. The molecule has 0 saturated heterocycles. The Balaban J connectivity index is -0.000000116. The average Bonchev–Trinajstić information content (AvgIpc) is 2.60. The van der Waals surface area contributed by atoms with Gasteiger partial charge in [0.15, 0.2) is 0 Å². The second kappa shape index (κ2) is 33.4. The quantitative estimate of drug-likeness (QED) is 0.366. The molecule has 0 radical (unpaired) electrons. The van der Waals surface area contributed by atoms with E-state index in [0.717, 1.165) is 25.9 Å². The van der Waals surface area contributed by atoms with Gasteiger partial charge in [-0.05, 0) is 30.7 Å². The summed E-state index contributed by atoms with van der Waals surface area (Å²) >= 11 is 0. The summed E-state index contributed by atoms with van der Waals surface area (Å²) in [5, 5.41) is 23.1. The van der Waals surface area contributed by atoms with Gasteiger partial charge in [-0.1, -0.05) is 76.2 Å². The zero-order valence-electron chi connectivity index (χ0n) is 18.2. The SMILES string of the molecule is CC.CC.CC.CC.CC(CCNCO)CC(C)(C)CNCO. The minimum Gasteiger partial charge on any atom is -0.381 e. The number of hydrogen-bond acceptors (Lipinski definition) is 4. The number of aliphatic hydroxyl groups is 2. The average molecular weight is 339 g/mol. The molecule has 0 spiro atoms. The minimum atomic E-state index is 0.0455. The fraction of sp³-hybridized carbons (Fsp3) is 1.00. The monoisotopic (exact) mass is 338 g/mol. The largest absolute Gasteiger partial charge is 0.381 e. The van der Waals surface area contributed by atoms with Gasteiger partial charge in [-0.15, -0.1) is 0 Å². The van der Waals surface area contributed by atoms with Gasteiger partial charge >= 0.3 is 0 Å². The molecule has 0 aromatic heterocycles. The van der Waals surface area contributed by atoms with Crippen molar-refractivity contribution in [3.63, 3.8) is 0 Å². The first-order valence-corrected chi connectivity index (χ1v) is 9.65. The van der Waals surface area contributed by atoms with Gasteiger partial charge in [-0.3, -0.25) is 10.6 Å². The summed E-state index contributed by atoms with van der Waals surface area (Å²) in [6, 6.07) is 0. The molecule has 1 unspecified atom stereocenters. The Kier molecular flexibility index (Phi) is 49.8. The molecule has 0 saturated carbocycles. The number of aliphatic hydroxyl groups excluding tert-OH is 2. The van der Waals surface area contributed by atoms with Crippen LogP contribution in [0.1, 0.15) is 89.0 Å². The van der Waals surface area contributed by atoms with Crippen molar-refractivity contribution in [3.8, 4) is 0 Å². The van der Waals surface area contributed by atoms with Crippen molar-refractivity contribution in [1.82, 2.24) is 10.6 Å². The van der Waals surface area contributed by atoms with E-state index in [0.29, 0.717) is 5.92 Å². The smallest absolute Gasteiger partial charge is 0.0931 e. The van der Waals surface area contributed by atoms with Crippen LogP contribution in [0.25, 0.3) is 0 Å². The Labute approximate surface area is 148 Å². The maximum absolute atomic E-state index is 8.69. The van der Waals surface area contributed by atoms with Gasteiger partial charge in [0.05, 0.1) is 13.5 Å². The Morgan fingerprint density at radius 1 is 0.783 bits per heavy atom. The van der Waals surface area contributed by atoms with E-state index < -0.39 is 0 Å². The number of rotatable bonds is 9. The summed E-state index contributed by atoms with van der Waals surface area (Å²) in [5.74, 6) is 0.625. The summed E-state index contributed by atoms with van der Waals surface area (Å²) < 4.78 is 0. The fourth-order valence-electron chi connectivity index (χ4n) is 1.94. The molecule has 4 heteroatoms. The van der Waals surface area contributed by atoms with E-state index >= 15 is 0 Å². The van der Waals surface area contributed by atoms with Crippen LogP contribution >= 0.6 is 0 Å². The van der Waals surface area contributed by atoms with Crippen molar-refractivity contribution < 1.29 is 10.2 Å². The molecule has 0 aliphatic rings. The van der Waals surface area contributed by atoms with Crippen molar-refractivity contribution in [1.29, 1.82) is 0 Å². The highest BCUT2D eigenvalue weighted by atomic mass is 16.3. The summed E-state index contributed by atoms with van der Waals surface area (Å²) in [5.41, 5.74) is 0.210. The van der Waals surface area contributed by atoms with E-state index in [1.165, 1.54) is 0 Å². The lowest BCUT2D eigenvalue weighted by molar-refractivity contribution is 0.200. The van der Waals surface area contributed by atoms with Gasteiger partial charge in [0.1, 0.15) is 0 Å². The molecular weight excluding hydrogens is 288 g/mol. The lowest BCUT2D eigenvalue weighted by Gasteiger charge is -2.28. The molecule has 0 amide bonds. The summed E-state index contributed by atoms with van der Waals surface area (Å²) in [6.07, 6.45) is 2.19. The van der Waals surface area contributed by atoms with Crippen molar-refractivity contribution in [2.75, 3.05) is 26.6 Å². The zero-order valence-corrected chi connectivity index (χ0v) is 18.2. The van der Waals surface area contributed by atoms with Gasteiger partial charge in [-0.2, -0.15) is 0 Å². The molecule has 0 aromatic carbocycles. The summed E-state index contributed by atoms with van der Waals surface area (Å²) in [7, 11) is 0. The standard InChI is InChI=1S/C11H26N2O2.4C2H6/c1-10(4-5-12-8-14)6-11(2,3)7-13-9-15;4*1-2/h10,12-15H,4-9H2,1-3H3;4*1-2H3. The van der Waals surface area contributed by atoms with Crippen LogP contribution in [-0.4, -0.2) is 36.8 Å². The number of hydrogen-bond donors (Lipinski definition) is 4. The van der Waals surface area contributed by atoms with Crippen LogP contribution in [-0.2, 0) is 0 Å². The molecule has 0 bridgehead atoms. The first kappa shape index (κ1) is 34.2. The molecule has 1 atom stereocenters. The molecule has 0 heterocycles. The Morgan fingerprint density at radius 2 is 1.17 bits per heavy atom. The first-order chi connectivity index (χ1) is 11.0. The maximum Gasteiger partial charge on any atom is 0.0931 e. The minimum absolute atomic E-state index is 0.0455. The zero-order chi connectivity index (χ0) is 19.7. The molecule has 4 nitrogen and oxygen atoms in total. The summed E-state index contributed by atoms with van der Waals surface area (Å²) in [6.45, 7) is 24.4. The Bertz CT molecular complexity index is 154. The van der Waals surface area contributed by atoms with E-state index in [1.54, 1.807) is 0 Å². The van der Waals surface area contributed by atoms with Gasteiger partial charge < -0.3 is 10.2 Å². The lowest BCUT2D eigenvalue weighted by Crippen LogP contribution is -2.32. The van der Waals surface area contributed by atoms with Crippen LogP contribution in [0, 0.1) is 11.3 Å². The van der Waals surface area contributed by atoms with E-state index in [9.17, 15) is 0 Å². The third kappa shape index (κ3) is 39.0. The van der Waals surface area contributed by atoms with E-state index in [-0.39, 0.29) is 18.9 Å². The molecule has 0 rings (SSSR count). The normalized spacial score (nSPS) is 10.3. The lowest BCUT2D eigenvalue weighted by atomic mass is 9.82. The van der Waals surface area contributed by atoms with Crippen LogP contribution in [0.2, 0.25) is 0 Å². The Hall–Kier alpha value is -0.160. The van der Waals surface area contributed by atoms with Crippen LogP contribution in [0.5, 0.6) is 0 Å². The van der Waals surface area contributed by atoms with Crippen molar-refractivity contribution in [2.24, 2.45) is 11.3 Å². The van der Waals surface area contributed by atoms with E-state index in [2.05, 4.69) is 31.4 Å². The van der Waals surface area contributed by atoms with Gasteiger partial charge in [0, 0.05) is 6.54 Å². The van der Waals surface area contributed by atoms with Crippen molar-refractivity contribution in [2.45, 2.75) is 89.0 Å². The predicted octanol–water partition coefficient (Wildman–Crippen LogP) is 4.61. The second-order valence-corrected chi connectivity index (χ2v) is 5.01. The van der Waals surface area contributed by atoms with E-state index in [1.807, 2.05) is 55.4 Å². The molecule has 0 aliphatic carbocycles. The van der Waals surface area contributed by atoms with Crippen molar-refractivity contribution >= 4 is 0 Å². The van der Waals surface area contributed by atoms with Gasteiger partial charge in [-0.25, -0.2) is 0 Å². The molecule has 4 N–H and O–H groups in total. The van der Waals surface area contributed by atoms with Gasteiger partial charge in [0.2, 0.25) is 0 Å². The van der Waals surface area contributed by atoms with Gasteiger partial charge in [0.25, 0.3) is 0 Å². The predicted molar refractivity (Wildman–Crippen MR) is 108 cm³/mol. The molecule has 0 aliphatic heterocycles. The molecule has 0 fully saturated rings.